The minimum atomic E-state index is 0.579. The van der Waals surface area contributed by atoms with Crippen LogP contribution >= 0.6 is 11.8 Å². The molecule has 0 aliphatic heterocycles. The third-order valence-electron chi connectivity index (χ3n) is 2.81. The Kier molecular flexibility index (Phi) is 8.71. The minimum Gasteiger partial charge on any atom is -0.494 e. The molecule has 0 radical (unpaired) electrons. The summed E-state index contributed by atoms with van der Waals surface area (Å²) < 4.78 is 5.63. The predicted molar refractivity (Wildman–Crippen MR) is 88.9 cm³/mol. The van der Waals surface area contributed by atoms with Gasteiger partial charge in [0.2, 0.25) is 0 Å². The molecule has 2 N–H and O–H groups in total. The molecule has 0 heterocycles. The van der Waals surface area contributed by atoms with E-state index < -0.39 is 0 Å². The molecule has 112 valence electrons. The standard InChI is InChI=1S/C15H25N3OS/c1-13(20-3)12-18-15(16-2)17-10-7-11-19-14-8-5-4-6-9-14/h4-6,8-9,13H,7,10-12H2,1-3H3,(H2,16,17,18). The fourth-order valence-corrected chi connectivity index (χ4v) is 1.78. The summed E-state index contributed by atoms with van der Waals surface area (Å²) in [6.07, 6.45) is 3.05. The Morgan fingerprint density at radius 1 is 1.30 bits per heavy atom. The topological polar surface area (TPSA) is 45.7 Å². The molecule has 0 aliphatic rings. The second-order valence-electron chi connectivity index (χ2n) is 4.44. The molecular weight excluding hydrogens is 270 g/mol. The number of hydrogen-bond donors (Lipinski definition) is 2. The maximum Gasteiger partial charge on any atom is 0.191 e. The van der Waals surface area contributed by atoms with E-state index in [9.17, 15) is 0 Å². The van der Waals surface area contributed by atoms with Gasteiger partial charge in [-0.2, -0.15) is 11.8 Å². The summed E-state index contributed by atoms with van der Waals surface area (Å²) in [6, 6.07) is 9.88. The second-order valence-corrected chi connectivity index (χ2v) is 5.72. The van der Waals surface area contributed by atoms with Crippen LogP contribution in [0.3, 0.4) is 0 Å². The van der Waals surface area contributed by atoms with Crippen molar-refractivity contribution in [2.24, 2.45) is 4.99 Å². The number of rotatable bonds is 8. The van der Waals surface area contributed by atoms with E-state index in [0.29, 0.717) is 11.9 Å². The van der Waals surface area contributed by atoms with E-state index in [0.717, 1.165) is 31.2 Å². The van der Waals surface area contributed by atoms with Crippen LogP contribution in [0.2, 0.25) is 0 Å². The first-order valence-electron chi connectivity index (χ1n) is 6.91. The molecule has 20 heavy (non-hydrogen) atoms. The number of para-hydroxylation sites is 1. The average molecular weight is 295 g/mol. The Morgan fingerprint density at radius 2 is 2.05 bits per heavy atom. The molecule has 1 unspecified atom stereocenters. The molecule has 1 atom stereocenters. The van der Waals surface area contributed by atoms with Crippen LogP contribution in [0, 0.1) is 0 Å². The Labute approximate surface area is 126 Å². The van der Waals surface area contributed by atoms with E-state index in [-0.39, 0.29) is 0 Å². The lowest BCUT2D eigenvalue weighted by molar-refractivity contribution is 0.311. The molecule has 5 heteroatoms. The molecule has 0 aliphatic carbocycles. The van der Waals surface area contributed by atoms with Crippen molar-refractivity contribution in [1.29, 1.82) is 0 Å². The van der Waals surface area contributed by atoms with E-state index in [4.69, 9.17) is 4.74 Å². The van der Waals surface area contributed by atoms with Crippen LogP contribution < -0.4 is 15.4 Å². The number of hydrogen-bond acceptors (Lipinski definition) is 3. The molecule has 0 fully saturated rings. The Hall–Kier alpha value is -1.36. The third-order valence-corrected chi connectivity index (χ3v) is 3.78. The smallest absolute Gasteiger partial charge is 0.191 e. The fraction of sp³-hybridized carbons (Fsp3) is 0.533. The van der Waals surface area contributed by atoms with Crippen molar-refractivity contribution in [3.05, 3.63) is 30.3 Å². The average Bonchev–Trinajstić information content (AvgIpc) is 2.50. The number of nitrogens with one attached hydrogen (secondary N) is 2. The van der Waals surface area contributed by atoms with Gasteiger partial charge >= 0.3 is 0 Å². The fourth-order valence-electron chi connectivity index (χ4n) is 1.53. The Balaban J connectivity index is 2.10. The molecule has 0 saturated heterocycles. The highest BCUT2D eigenvalue weighted by Gasteiger charge is 2.01. The molecular formula is C15H25N3OS. The van der Waals surface area contributed by atoms with Gasteiger partial charge in [-0.25, -0.2) is 0 Å². The van der Waals surface area contributed by atoms with Crippen LogP contribution in [-0.2, 0) is 0 Å². The van der Waals surface area contributed by atoms with Crippen molar-refractivity contribution in [1.82, 2.24) is 10.6 Å². The summed E-state index contributed by atoms with van der Waals surface area (Å²) in [7, 11) is 1.79. The lowest BCUT2D eigenvalue weighted by Gasteiger charge is -2.14. The van der Waals surface area contributed by atoms with Crippen molar-refractivity contribution < 1.29 is 4.74 Å². The maximum absolute atomic E-state index is 5.63. The SMILES string of the molecule is CN=C(NCCCOc1ccccc1)NCC(C)SC. The zero-order valence-electron chi connectivity index (χ0n) is 12.6. The van der Waals surface area contributed by atoms with Gasteiger partial charge in [0.05, 0.1) is 6.61 Å². The van der Waals surface area contributed by atoms with Gasteiger partial charge in [0, 0.05) is 25.4 Å². The summed E-state index contributed by atoms with van der Waals surface area (Å²) in [5, 5.41) is 7.17. The highest BCUT2D eigenvalue weighted by molar-refractivity contribution is 7.99. The molecule has 1 aromatic carbocycles. The summed E-state index contributed by atoms with van der Waals surface area (Å²) in [5.41, 5.74) is 0. The first kappa shape index (κ1) is 16.7. The second kappa shape index (κ2) is 10.4. The molecule has 0 spiro atoms. The summed E-state index contributed by atoms with van der Waals surface area (Å²) in [6.45, 7) is 4.66. The third kappa shape index (κ3) is 7.28. The van der Waals surface area contributed by atoms with Crippen molar-refractivity contribution in [3.63, 3.8) is 0 Å². The summed E-state index contributed by atoms with van der Waals surface area (Å²) in [5.74, 6) is 1.77. The van der Waals surface area contributed by atoms with Crippen LogP contribution in [0.4, 0.5) is 0 Å². The predicted octanol–water partition coefficient (Wildman–Crippen LogP) is 2.37. The first-order valence-corrected chi connectivity index (χ1v) is 8.20. The number of ether oxygens (including phenoxy) is 1. The monoisotopic (exact) mass is 295 g/mol. The van der Waals surface area contributed by atoms with E-state index in [1.54, 1.807) is 7.05 Å². The zero-order valence-corrected chi connectivity index (χ0v) is 13.4. The van der Waals surface area contributed by atoms with Crippen LogP contribution in [0.25, 0.3) is 0 Å². The van der Waals surface area contributed by atoms with Crippen molar-refractivity contribution in [3.8, 4) is 5.75 Å². The van der Waals surface area contributed by atoms with Gasteiger partial charge < -0.3 is 15.4 Å². The quantitative estimate of drug-likeness (QED) is 0.439. The number of nitrogens with zero attached hydrogens (tertiary/aromatic N) is 1. The van der Waals surface area contributed by atoms with Crippen molar-refractivity contribution in [2.45, 2.75) is 18.6 Å². The van der Waals surface area contributed by atoms with Gasteiger partial charge in [0.1, 0.15) is 5.75 Å². The Morgan fingerprint density at radius 3 is 2.70 bits per heavy atom. The summed E-state index contributed by atoms with van der Waals surface area (Å²) >= 11 is 1.84. The number of aliphatic imine (C=N–C) groups is 1. The molecule has 0 saturated carbocycles. The summed E-state index contributed by atoms with van der Waals surface area (Å²) in [4.78, 5) is 4.19. The molecule has 0 bridgehead atoms. The Bertz CT molecular complexity index is 384. The lowest BCUT2D eigenvalue weighted by atomic mass is 10.3. The van der Waals surface area contributed by atoms with Gasteiger partial charge in [-0.1, -0.05) is 25.1 Å². The largest absolute Gasteiger partial charge is 0.494 e. The van der Waals surface area contributed by atoms with E-state index >= 15 is 0 Å². The van der Waals surface area contributed by atoms with Crippen molar-refractivity contribution >= 4 is 17.7 Å². The normalized spacial score (nSPS) is 12.8. The van der Waals surface area contributed by atoms with Gasteiger partial charge in [-0.15, -0.1) is 0 Å². The number of thioether (sulfide) groups is 1. The number of benzene rings is 1. The zero-order chi connectivity index (χ0) is 14.6. The molecule has 1 aromatic rings. The molecule has 0 aromatic heterocycles. The molecule has 1 rings (SSSR count). The van der Waals surface area contributed by atoms with E-state index in [2.05, 4.69) is 28.8 Å². The number of guanidine groups is 1. The first-order chi connectivity index (χ1) is 9.76. The van der Waals surface area contributed by atoms with Crippen molar-refractivity contribution in [2.75, 3.05) is 33.0 Å². The highest BCUT2D eigenvalue weighted by Crippen LogP contribution is 2.08. The molecule has 0 amide bonds. The van der Waals surface area contributed by atoms with Gasteiger partial charge in [0.25, 0.3) is 0 Å². The van der Waals surface area contributed by atoms with Crippen LogP contribution in [0.15, 0.2) is 35.3 Å². The van der Waals surface area contributed by atoms with E-state index in [1.165, 1.54) is 0 Å². The van der Waals surface area contributed by atoms with Crippen LogP contribution in [0.1, 0.15) is 13.3 Å². The minimum absolute atomic E-state index is 0.579. The maximum atomic E-state index is 5.63. The van der Waals surface area contributed by atoms with Gasteiger partial charge in [-0.05, 0) is 24.8 Å². The highest BCUT2D eigenvalue weighted by atomic mass is 32.2. The van der Waals surface area contributed by atoms with Crippen LogP contribution in [-0.4, -0.2) is 44.2 Å². The molecule has 4 nitrogen and oxygen atoms in total. The van der Waals surface area contributed by atoms with Crippen LogP contribution in [0.5, 0.6) is 5.75 Å². The van der Waals surface area contributed by atoms with Gasteiger partial charge in [-0.3, -0.25) is 4.99 Å². The lowest BCUT2D eigenvalue weighted by Crippen LogP contribution is -2.40. The van der Waals surface area contributed by atoms with E-state index in [1.807, 2.05) is 42.1 Å². The van der Waals surface area contributed by atoms with Gasteiger partial charge in [0.15, 0.2) is 5.96 Å².